The Kier molecular flexibility index (Phi) is 3.96. The second-order valence-electron chi connectivity index (χ2n) is 6.09. The molecule has 1 atom stereocenters. The number of aromatic nitrogens is 5. The molecule has 0 bridgehead atoms. The normalized spacial score (nSPS) is 12.2. The lowest BCUT2D eigenvalue weighted by atomic mass is 10.1. The van der Waals surface area contributed by atoms with Crippen LogP contribution in [-0.4, -0.2) is 30.9 Å². The van der Waals surface area contributed by atoms with Gasteiger partial charge in [-0.2, -0.15) is 15.4 Å². The summed E-state index contributed by atoms with van der Waals surface area (Å²) in [5.41, 5.74) is 3.68. The minimum absolute atomic E-state index is 0.282. The first kappa shape index (κ1) is 16.0. The van der Waals surface area contributed by atoms with Gasteiger partial charge < -0.3 is 9.88 Å². The molecule has 2 N–H and O–H groups in total. The lowest BCUT2D eigenvalue weighted by molar-refractivity contribution is 0.0935. The first-order valence-electron chi connectivity index (χ1n) is 8.29. The molecule has 130 valence electrons. The van der Waals surface area contributed by atoms with Crippen LogP contribution in [0, 0.1) is 6.92 Å². The molecule has 0 aliphatic rings. The first-order valence-corrected chi connectivity index (χ1v) is 8.29. The number of aromatic amines is 1. The number of benzene rings is 2. The van der Waals surface area contributed by atoms with Crippen LogP contribution < -0.4 is 5.32 Å². The third kappa shape index (κ3) is 2.73. The van der Waals surface area contributed by atoms with Crippen molar-refractivity contribution in [1.29, 1.82) is 0 Å². The number of carbonyl (C=O) groups excluding carboxylic acids is 1. The number of fused-ring (bicyclic) bond motifs is 1. The van der Waals surface area contributed by atoms with Crippen molar-refractivity contribution in [1.82, 2.24) is 30.3 Å². The molecule has 0 saturated heterocycles. The Balaban J connectivity index is 1.79. The van der Waals surface area contributed by atoms with E-state index in [0.717, 1.165) is 22.4 Å². The highest BCUT2D eigenvalue weighted by atomic mass is 16.2. The molecule has 1 amide bonds. The molecular weight excluding hydrogens is 328 g/mol. The first-order chi connectivity index (χ1) is 12.6. The highest BCUT2D eigenvalue weighted by Gasteiger charge is 2.25. The molecule has 0 saturated carbocycles. The van der Waals surface area contributed by atoms with Crippen LogP contribution in [0.1, 0.15) is 33.6 Å². The van der Waals surface area contributed by atoms with E-state index in [1.165, 1.54) is 0 Å². The predicted molar refractivity (Wildman–Crippen MR) is 97.6 cm³/mol. The van der Waals surface area contributed by atoms with Crippen LogP contribution in [0.3, 0.4) is 0 Å². The summed E-state index contributed by atoms with van der Waals surface area (Å²) in [4.78, 5) is 17.5. The number of nitrogens with one attached hydrogen (secondary N) is 2. The van der Waals surface area contributed by atoms with E-state index in [1.54, 1.807) is 6.92 Å². The Morgan fingerprint density at radius 1 is 1.08 bits per heavy atom. The third-order valence-corrected chi connectivity index (χ3v) is 4.43. The Morgan fingerprint density at radius 3 is 2.50 bits per heavy atom. The van der Waals surface area contributed by atoms with Crippen molar-refractivity contribution in [3.05, 3.63) is 77.4 Å². The van der Waals surface area contributed by atoms with Gasteiger partial charge in [-0.3, -0.25) is 4.79 Å². The molecule has 0 radical (unpaired) electrons. The van der Waals surface area contributed by atoms with Gasteiger partial charge in [-0.05, 0) is 24.6 Å². The molecule has 2 aromatic heterocycles. The van der Waals surface area contributed by atoms with E-state index < -0.39 is 6.04 Å². The van der Waals surface area contributed by atoms with Crippen molar-refractivity contribution >= 4 is 16.9 Å². The number of hydrogen-bond donors (Lipinski definition) is 2. The number of hydrogen-bond acceptors (Lipinski definition) is 4. The van der Waals surface area contributed by atoms with Gasteiger partial charge in [0.2, 0.25) is 0 Å². The second-order valence-corrected chi connectivity index (χ2v) is 6.09. The number of amides is 1. The van der Waals surface area contributed by atoms with Gasteiger partial charge in [-0.1, -0.05) is 42.5 Å². The van der Waals surface area contributed by atoms with Gasteiger partial charge >= 0.3 is 0 Å². The van der Waals surface area contributed by atoms with Crippen molar-refractivity contribution in [2.24, 2.45) is 7.05 Å². The molecule has 7 nitrogen and oxygen atoms in total. The molecule has 1 unspecified atom stereocenters. The summed E-state index contributed by atoms with van der Waals surface area (Å²) >= 11 is 0. The minimum Gasteiger partial charge on any atom is -0.337 e. The Morgan fingerprint density at radius 2 is 1.81 bits per heavy atom. The third-order valence-electron chi connectivity index (χ3n) is 4.43. The number of nitrogens with zero attached hydrogens (tertiary/aromatic N) is 4. The van der Waals surface area contributed by atoms with Crippen molar-refractivity contribution in [2.75, 3.05) is 0 Å². The van der Waals surface area contributed by atoms with Crippen LogP contribution >= 0.6 is 0 Å². The number of imidazole rings is 1. The summed E-state index contributed by atoms with van der Waals surface area (Å²) < 4.78 is 2.00. The quantitative estimate of drug-likeness (QED) is 0.594. The summed E-state index contributed by atoms with van der Waals surface area (Å²) in [6.07, 6.45) is 0. The van der Waals surface area contributed by atoms with E-state index in [9.17, 15) is 4.79 Å². The molecule has 26 heavy (non-hydrogen) atoms. The van der Waals surface area contributed by atoms with Gasteiger partial charge in [0.25, 0.3) is 5.91 Å². The molecule has 7 heteroatoms. The summed E-state index contributed by atoms with van der Waals surface area (Å²) in [5.74, 6) is 0.462. The smallest absolute Gasteiger partial charge is 0.274 e. The number of para-hydroxylation sites is 2. The fourth-order valence-electron chi connectivity index (χ4n) is 3.06. The van der Waals surface area contributed by atoms with Gasteiger partial charge in [0.15, 0.2) is 5.69 Å². The van der Waals surface area contributed by atoms with Crippen LogP contribution in [0.5, 0.6) is 0 Å². The van der Waals surface area contributed by atoms with Crippen LogP contribution in [0.25, 0.3) is 11.0 Å². The average Bonchev–Trinajstić information content (AvgIpc) is 3.24. The maximum atomic E-state index is 12.7. The standard InChI is InChI=1S/C19H18N6O/c1-12-16(23-24-22-12)19(26)21-17(13-8-4-3-5-9-13)18-20-14-10-6-7-11-15(14)25(18)2/h3-11,17H,1-2H3,(H,21,26)(H,22,23,24). The maximum absolute atomic E-state index is 12.7. The second kappa shape index (κ2) is 6.44. The molecule has 0 fully saturated rings. The van der Waals surface area contributed by atoms with E-state index >= 15 is 0 Å². The summed E-state index contributed by atoms with van der Waals surface area (Å²) in [5, 5.41) is 13.4. The molecule has 2 heterocycles. The van der Waals surface area contributed by atoms with Gasteiger partial charge in [0.05, 0.1) is 16.7 Å². The summed E-state index contributed by atoms with van der Waals surface area (Å²) in [6, 6.07) is 17.3. The molecule has 0 aliphatic carbocycles. The van der Waals surface area contributed by atoms with E-state index in [1.807, 2.05) is 66.2 Å². The number of carbonyl (C=O) groups is 1. The Labute approximate surface area is 150 Å². The molecule has 2 aromatic carbocycles. The monoisotopic (exact) mass is 346 g/mol. The van der Waals surface area contributed by atoms with Crippen LogP contribution in [0.4, 0.5) is 0 Å². The zero-order valence-electron chi connectivity index (χ0n) is 14.5. The molecule has 4 aromatic rings. The van der Waals surface area contributed by atoms with Crippen molar-refractivity contribution < 1.29 is 4.79 Å². The number of aryl methyl sites for hydroxylation is 2. The van der Waals surface area contributed by atoms with Gasteiger partial charge in [0.1, 0.15) is 11.9 Å². The van der Waals surface area contributed by atoms with Gasteiger partial charge in [-0.15, -0.1) is 0 Å². The minimum atomic E-state index is -0.405. The number of rotatable bonds is 4. The SMILES string of the molecule is Cc1n[nH]nc1C(=O)NC(c1ccccc1)c1nc2ccccc2n1C. The molecule has 0 aliphatic heterocycles. The fraction of sp³-hybridized carbons (Fsp3) is 0.158. The lowest BCUT2D eigenvalue weighted by Gasteiger charge is -2.18. The maximum Gasteiger partial charge on any atom is 0.274 e. The van der Waals surface area contributed by atoms with E-state index in [2.05, 4.69) is 20.7 Å². The molecular formula is C19H18N6O. The zero-order valence-corrected chi connectivity index (χ0v) is 14.5. The number of H-pyrrole nitrogens is 1. The summed E-state index contributed by atoms with van der Waals surface area (Å²) in [6.45, 7) is 1.74. The predicted octanol–water partition coefficient (Wildman–Crippen LogP) is 2.52. The summed E-state index contributed by atoms with van der Waals surface area (Å²) in [7, 11) is 1.95. The highest BCUT2D eigenvalue weighted by molar-refractivity contribution is 5.93. The largest absolute Gasteiger partial charge is 0.337 e. The van der Waals surface area contributed by atoms with Crippen LogP contribution in [0.2, 0.25) is 0 Å². The lowest BCUT2D eigenvalue weighted by Crippen LogP contribution is -2.31. The van der Waals surface area contributed by atoms with E-state index in [-0.39, 0.29) is 11.6 Å². The zero-order chi connectivity index (χ0) is 18.1. The average molecular weight is 346 g/mol. The Bertz CT molecular complexity index is 1070. The van der Waals surface area contributed by atoms with E-state index in [4.69, 9.17) is 4.98 Å². The molecule has 0 spiro atoms. The van der Waals surface area contributed by atoms with E-state index in [0.29, 0.717) is 5.69 Å². The topological polar surface area (TPSA) is 88.5 Å². The van der Waals surface area contributed by atoms with Gasteiger partial charge in [0, 0.05) is 7.05 Å². The van der Waals surface area contributed by atoms with Crippen molar-refractivity contribution in [2.45, 2.75) is 13.0 Å². The highest BCUT2D eigenvalue weighted by Crippen LogP contribution is 2.25. The van der Waals surface area contributed by atoms with Gasteiger partial charge in [-0.25, -0.2) is 4.98 Å². The molecule has 4 rings (SSSR count). The Hall–Kier alpha value is -3.48. The van der Waals surface area contributed by atoms with Crippen LogP contribution in [0.15, 0.2) is 54.6 Å². The fourth-order valence-corrected chi connectivity index (χ4v) is 3.06. The van der Waals surface area contributed by atoms with Crippen molar-refractivity contribution in [3.8, 4) is 0 Å². The van der Waals surface area contributed by atoms with Crippen molar-refractivity contribution in [3.63, 3.8) is 0 Å². The van der Waals surface area contributed by atoms with Crippen LogP contribution in [-0.2, 0) is 7.05 Å².